The molecular weight excluding hydrogens is 266 g/mol. The maximum atomic E-state index is 6.02. The van der Waals surface area contributed by atoms with Crippen molar-refractivity contribution in [2.24, 2.45) is 7.05 Å². The van der Waals surface area contributed by atoms with E-state index in [-0.39, 0.29) is 0 Å². The van der Waals surface area contributed by atoms with Gasteiger partial charge in [-0.15, -0.1) is 11.8 Å². The van der Waals surface area contributed by atoms with Crippen molar-refractivity contribution in [3.63, 3.8) is 0 Å². The van der Waals surface area contributed by atoms with Crippen molar-refractivity contribution in [1.29, 1.82) is 0 Å². The molecule has 0 bridgehead atoms. The predicted molar refractivity (Wildman–Crippen MR) is 85.9 cm³/mol. The molecule has 2 aromatic carbocycles. The van der Waals surface area contributed by atoms with Crippen LogP contribution in [0.1, 0.15) is 11.3 Å². The van der Waals surface area contributed by atoms with E-state index in [1.165, 1.54) is 16.5 Å². The van der Waals surface area contributed by atoms with Gasteiger partial charge in [0, 0.05) is 28.8 Å². The first-order chi connectivity index (χ1) is 9.65. The number of nitrogen functional groups attached to an aromatic ring is 1. The quantitative estimate of drug-likeness (QED) is 0.588. The number of thioether (sulfide) groups is 1. The van der Waals surface area contributed by atoms with Gasteiger partial charge in [-0.3, -0.25) is 4.68 Å². The van der Waals surface area contributed by atoms with Crippen LogP contribution in [0, 0.1) is 6.92 Å². The number of hydrogen-bond donors (Lipinski definition) is 1. The summed E-state index contributed by atoms with van der Waals surface area (Å²) in [5.74, 6) is 0.828. The Labute approximate surface area is 122 Å². The Hall–Kier alpha value is -1.94. The summed E-state index contributed by atoms with van der Waals surface area (Å²) in [6, 6.07) is 14.4. The number of nitrogens with two attached hydrogens (primary N) is 1. The molecule has 20 heavy (non-hydrogen) atoms. The standard InChI is InChI=1S/C16H17N3S/c1-11-7-8-13(17)16(9-11)20-10-14-12-5-3-4-6-15(12)19(2)18-14/h3-9H,10,17H2,1-2H3. The van der Waals surface area contributed by atoms with E-state index in [4.69, 9.17) is 5.73 Å². The molecule has 0 aliphatic carbocycles. The maximum absolute atomic E-state index is 6.02. The van der Waals surface area contributed by atoms with Gasteiger partial charge in [-0.1, -0.05) is 24.3 Å². The third-order valence-corrected chi connectivity index (χ3v) is 4.45. The molecule has 0 aliphatic rings. The summed E-state index contributed by atoms with van der Waals surface area (Å²) in [5, 5.41) is 5.83. The molecule has 1 aromatic heterocycles. The zero-order valence-electron chi connectivity index (χ0n) is 11.6. The lowest BCUT2D eigenvalue weighted by Gasteiger charge is -2.05. The molecule has 4 heteroatoms. The molecule has 0 radical (unpaired) electrons. The van der Waals surface area contributed by atoms with Gasteiger partial charge in [0.15, 0.2) is 0 Å². The van der Waals surface area contributed by atoms with Gasteiger partial charge in [0.2, 0.25) is 0 Å². The normalized spacial score (nSPS) is 11.1. The monoisotopic (exact) mass is 283 g/mol. The van der Waals surface area contributed by atoms with Crippen molar-refractivity contribution >= 4 is 28.4 Å². The van der Waals surface area contributed by atoms with Crippen LogP contribution in [-0.4, -0.2) is 9.78 Å². The lowest BCUT2D eigenvalue weighted by Crippen LogP contribution is -1.92. The number of nitrogens with zero attached hydrogens (tertiary/aromatic N) is 2. The van der Waals surface area contributed by atoms with Gasteiger partial charge in [-0.25, -0.2) is 0 Å². The Kier molecular flexibility index (Phi) is 3.40. The second kappa shape index (κ2) is 5.21. The lowest BCUT2D eigenvalue weighted by atomic mass is 10.2. The van der Waals surface area contributed by atoms with E-state index in [0.717, 1.165) is 22.0 Å². The fourth-order valence-corrected chi connectivity index (χ4v) is 3.32. The van der Waals surface area contributed by atoms with Gasteiger partial charge in [0.05, 0.1) is 11.2 Å². The molecule has 0 saturated carbocycles. The summed E-state index contributed by atoms with van der Waals surface area (Å²) >= 11 is 1.74. The summed E-state index contributed by atoms with van der Waals surface area (Å²) < 4.78 is 1.94. The molecule has 3 nitrogen and oxygen atoms in total. The fraction of sp³-hybridized carbons (Fsp3) is 0.188. The molecule has 1 heterocycles. The summed E-state index contributed by atoms with van der Waals surface area (Å²) in [4.78, 5) is 1.12. The van der Waals surface area contributed by atoms with Gasteiger partial charge in [0.1, 0.15) is 0 Å². The van der Waals surface area contributed by atoms with Gasteiger partial charge >= 0.3 is 0 Å². The largest absolute Gasteiger partial charge is 0.398 e. The van der Waals surface area contributed by atoms with Crippen molar-refractivity contribution in [2.75, 3.05) is 5.73 Å². The molecule has 102 valence electrons. The minimum absolute atomic E-state index is 0.828. The van der Waals surface area contributed by atoms with Crippen LogP contribution in [-0.2, 0) is 12.8 Å². The van der Waals surface area contributed by atoms with E-state index >= 15 is 0 Å². The SMILES string of the molecule is Cc1ccc(N)c(SCc2nn(C)c3ccccc23)c1. The smallest absolute Gasteiger partial charge is 0.0805 e. The first-order valence-corrected chi connectivity index (χ1v) is 7.53. The Morgan fingerprint density at radius 3 is 2.85 bits per heavy atom. The second-order valence-corrected chi connectivity index (χ2v) is 5.93. The summed E-state index contributed by atoms with van der Waals surface area (Å²) in [7, 11) is 1.98. The van der Waals surface area contributed by atoms with E-state index in [0.29, 0.717) is 0 Å². The highest BCUT2D eigenvalue weighted by Gasteiger charge is 2.09. The van der Waals surface area contributed by atoms with E-state index in [9.17, 15) is 0 Å². The Morgan fingerprint density at radius 2 is 2.00 bits per heavy atom. The third kappa shape index (κ3) is 2.39. The van der Waals surface area contributed by atoms with Crippen molar-refractivity contribution in [3.05, 3.63) is 53.7 Å². The molecule has 3 rings (SSSR count). The molecule has 0 amide bonds. The van der Waals surface area contributed by atoms with Crippen molar-refractivity contribution in [3.8, 4) is 0 Å². The molecule has 0 aliphatic heterocycles. The third-order valence-electron chi connectivity index (χ3n) is 3.37. The fourth-order valence-electron chi connectivity index (χ4n) is 2.31. The highest BCUT2D eigenvalue weighted by molar-refractivity contribution is 7.98. The van der Waals surface area contributed by atoms with Crippen LogP contribution in [0.15, 0.2) is 47.4 Å². The zero-order valence-corrected chi connectivity index (χ0v) is 12.4. The number of rotatable bonds is 3. The minimum atomic E-state index is 0.828. The number of benzene rings is 2. The van der Waals surface area contributed by atoms with Crippen molar-refractivity contribution in [2.45, 2.75) is 17.6 Å². The molecule has 0 atom stereocenters. The number of anilines is 1. The molecule has 2 N–H and O–H groups in total. The predicted octanol–water partition coefficient (Wildman–Crippen LogP) is 3.76. The van der Waals surface area contributed by atoms with Crippen molar-refractivity contribution in [1.82, 2.24) is 9.78 Å². The van der Waals surface area contributed by atoms with Gasteiger partial charge < -0.3 is 5.73 Å². The first-order valence-electron chi connectivity index (χ1n) is 6.54. The van der Waals surface area contributed by atoms with E-state index in [1.807, 2.05) is 29.9 Å². The number of para-hydroxylation sites is 1. The van der Waals surface area contributed by atoms with Crippen LogP contribution in [0.2, 0.25) is 0 Å². The lowest BCUT2D eigenvalue weighted by molar-refractivity contribution is 0.781. The Balaban J connectivity index is 1.89. The van der Waals surface area contributed by atoms with E-state index in [1.54, 1.807) is 11.8 Å². The topological polar surface area (TPSA) is 43.8 Å². The highest BCUT2D eigenvalue weighted by Crippen LogP contribution is 2.30. The van der Waals surface area contributed by atoms with Gasteiger partial charge in [-0.2, -0.15) is 5.10 Å². The van der Waals surface area contributed by atoms with Crippen LogP contribution in [0.3, 0.4) is 0 Å². The molecule has 3 aromatic rings. The van der Waals surface area contributed by atoms with E-state index < -0.39 is 0 Å². The number of hydrogen-bond acceptors (Lipinski definition) is 3. The van der Waals surface area contributed by atoms with Crippen LogP contribution in [0.4, 0.5) is 5.69 Å². The number of aromatic nitrogens is 2. The summed E-state index contributed by atoms with van der Waals surface area (Å²) in [6.45, 7) is 2.08. The molecule has 0 saturated heterocycles. The Bertz CT molecular complexity index is 762. The van der Waals surface area contributed by atoms with Gasteiger partial charge in [-0.05, 0) is 30.7 Å². The second-order valence-electron chi connectivity index (χ2n) is 4.92. The van der Waals surface area contributed by atoms with Crippen LogP contribution in [0.5, 0.6) is 0 Å². The molecule has 0 unspecified atom stereocenters. The average Bonchev–Trinajstić information content (AvgIpc) is 2.77. The van der Waals surface area contributed by atoms with Crippen LogP contribution >= 0.6 is 11.8 Å². The first kappa shape index (κ1) is 13.1. The molecule has 0 spiro atoms. The minimum Gasteiger partial charge on any atom is -0.398 e. The van der Waals surface area contributed by atoms with Crippen LogP contribution in [0.25, 0.3) is 10.9 Å². The number of aryl methyl sites for hydroxylation is 2. The van der Waals surface area contributed by atoms with E-state index in [2.05, 4.69) is 36.3 Å². The average molecular weight is 283 g/mol. The zero-order chi connectivity index (χ0) is 14.1. The summed E-state index contributed by atoms with van der Waals surface area (Å²) in [6.07, 6.45) is 0. The van der Waals surface area contributed by atoms with Crippen molar-refractivity contribution < 1.29 is 0 Å². The highest BCUT2D eigenvalue weighted by atomic mass is 32.2. The maximum Gasteiger partial charge on any atom is 0.0805 e. The van der Waals surface area contributed by atoms with Gasteiger partial charge in [0.25, 0.3) is 0 Å². The molecule has 0 fully saturated rings. The Morgan fingerprint density at radius 1 is 1.20 bits per heavy atom. The van der Waals surface area contributed by atoms with Crippen LogP contribution < -0.4 is 5.73 Å². The molecular formula is C16H17N3S. The number of fused-ring (bicyclic) bond motifs is 1. The summed E-state index contributed by atoms with van der Waals surface area (Å²) in [5.41, 5.74) is 10.4.